The van der Waals surface area contributed by atoms with Crippen LogP contribution in [0.3, 0.4) is 0 Å². The van der Waals surface area contributed by atoms with Gasteiger partial charge in [0.15, 0.2) is 0 Å². The molecule has 1 unspecified atom stereocenters. The van der Waals surface area contributed by atoms with Crippen LogP contribution in [0.5, 0.6) is 0 Å². The fraction of sp³-hybridized carbons (Fsp3) is 0.538. The molecule has 0 amide bonds. The molecule has 1 heterocycles. The Labute approximate surface area is 111 Å². The zero-order chi connectivity index (χ0) is 11.5. The highest BCUT2D eigenvalue weighted by molar-refractivity contribution is 14.1. The average Bonchev–Trinajstić information content (AvgIpc) is 2.67. The van der Waals surface area contributed by atoms with Crippen molar-refractivity contribution in [1.82, 2.24) is 0 Å². The van der Waals surface area contributed by atoms with Crippen molar-refractivity contribution < 1.29 is 0 Å². The van der Waals surface area contributed by atoms with Crippen molar-refractivity contribution in [3.8, 4) is 0 Å². The lowest BCUT2D eigenvalue weighted by atomic mass is 10.0. The van der Waals surface area contributed by atoms with Crippen LogP contribution in [0.2, 0.25) is 0 Å². The van der Waals surface area contributed by atoms with E-state index in [1.54, 1.807) is 0 Å². The van der Waals surface area contributed by atoms with Crippen LogP contribution in [0.1, 0.15) is 26.2 Å². The van der Waals surface area contributed by atoms with E-state index >= 15 is 0 Å². The number of hydrogen-bond acceptors (Lipinski definition) is 2. The van der Waals surface area contributed by atoms with Crippen LogP contribution in [-0.4, -0.2) is 13.1 Å². The molecule has 2 N–H and O–H groups in total. The minimum Gasteiger partial charge on any atom is -0.399 e. The van der Waals surface area contributed by atoms with Gasteiger partial charge in [0, 0.05) is 22.3 Å². The van der Waals surface area contributed by atoms with Gasteiger partial charge in [0.1, 0.15) is 0 Å². The summed E-state index contributed by atoms with van der Waals surface area (Å²) in [5.41, 5.74) is 7.99. The van der Waals surface area contributed by atoms with Crippen LogP contribution in [0, 0.1) is 9.49 Å². The Bertz CT molecular complexity index is 365. The number of hydrogen-bond donors (Lipinski definition) is 1. The summed E-state index contributed by atoms with van der Waals surface area (Å²) in [6, 6.07) is 6.22. The van der Waals surface area contributed by atoms with Crippen molar-refractivity contribution in [2.45, 2.75) is 26.2 Å². The molecule has 1 aliphatic heterocycles. The van der Waals surface area contributed by atoms with Crippen LogP contribution < -0.4 is 10.6 Å². The van der Waals surface area contributed by atoms with Crippen molar-refractivity contribution in [2.75, 3.05) is 23.7 Å². The first kappa shape index (κ1) is 12.0. The highest BCUT2D eigenvalue weighted by Gasteiger charge is 2.22. The number of anilines is 2. The van der Waals surface area contributed by atoms with E-state index in [9.17, 15) is 0 Å². The molecular weight excluding hydrogens is 311 g/mol. The summed E-state index contributed by atoms with van der Waals surface area (Å²) >= 11 is 2.38. The number of rotatable bonds is 3. The number of nitrogens with two attached hydrogens (primary N) is 1. The lowest BCUT2D eigenvalue weighted by Gasteiger charge is -2.20. The molecule has 0 saturated carbocycles. The van der Waals surface area contributed by atoms with Gasteiger partial charge in [0.25, 0.3) is 0 Å². The maximum absolute atomic E-state index is 5.78. The Morgan fingerprint density at radius 3 is 3.00 bits per heavy atom. The molecule has 3 heteroatoms. The van der Waals surface area contributed by atoms with Gasteiger partial charge in [-0.2, -0.15) is 0 Å². The van der Waals surface area contributed by atoms with Gasteiger partial charge in [-0.25, -0.2) is 0 Å². The second-order valence-electron chi connectivity index (χ2n) is 4.60. The first-order valence-corrected chi connectivity index (χ1v) is 7.08. The van der Waals surface area contributed by atoms with E-state index < -0.39 is 0 Å². The highest BCUT2D eigenvalue weighted by Crippen LogP contribution is 2.30. The molecule has 1 atom stereocenters. The van der Waals surface area contributed by atoms with Gasteiger partial charge in [-0.15, -0.1) is 0 Å². The summed E-state index contributed by atoms with van der Waals surface area (Å²) in [6.45, 7) is 4.69. The van der Waals surface area contributed by atoms with E-state index in [4.69, 9.17) is 5.73 Å². The molecule has 1 saturated heterocycles. The van der Waals surface area contributed by atoms with Gasteiger partial charge < -0.3 is 10.6 Å². The van der Waals surface area contributed by atoms with Gasteiger partial charge in [0.05, 0.1) is 5.69 Å². The van der Waals surface area contributed by atoms with Crippen molar-refractivity contribution in [3.05, 3.63) is 21.8 Å². The van der Waals surface area contributed by atoms with E-state index in [-0.39, 0.29) is 0 Å². The van der Waals surface area contributed by atoms with Gasteiger partial charge in [-0.3, -0.25) is 0 Å². The third-order valence-corrected chi connectivity index (χ3v) is 4.16. The normalized spacial score (nSPS) is 20.4. The smallest absolute Gasteiger partial charge is 0.0503 e. The number of benzene rings is 1. The first-order valence-electron chi connectivity index (χ1n) is 6.00. The van der Waals surface area contributed by atoms with Crippen molar-refractivity contribution >= 4 is 34.0 Å². The van der Waals surface area contributed by atoms with E-state index in [0.717, 1.165) is 11.6 Å². The quantitative estimate of drug-likeness (QED) is 0.679. The van der Waals surface area contributed by atoms with E-state index in [1.165, 1.54) is 41.6 Å². The van der Waals surface area contributed by atoms with Crippen LogP contribution in [0.25, 0.3) is 0 Å². The summed E-state index contributed by atoms with van der Waals surface area (Å²) in [4.78, 5) is 2.50. The predicted molar refractivity (Wildman–Crippen MR) is 78.8 cm³/mol. The van der Waals surface area contributed by atoms with Gasteiger partial charge in [-0.05, 0) is 59.5 Å². The molecule has 1 aliphatic rings. The zero-order valence-corrected chi connectivity index (χ0v) is 11.9. The molecule has 1 aromatic rings. The third kappa shape index (κ3) is 2.62. The minimum absolute atomic E-state index is 0.859. The monoisotopic (exact) mass is 330 g/mol. The van der Waals surface area contributed by atoms with Gasteiger partial charge in [-0.1, -0.05) is 13.3 Å². The lowest BCUT2D eigenvalue weighted by Crippen LogP contribution is -2.20. The molecule has 1 fully saturated rings. The molecule has 16 heavy (non-hydrogen) atoms. The summed E-state index contributed by atoms with van der Waals surface area (Å²) < 4.78 is 1.27. The Kier molecular flexibility index (Phi) is 3.95. The third-order valence-electron chi connectivity index (χ3n) is 3.30. The predicted octanol–water partition coefficient (Wildman–Crippen LogP) is 3.50. The van der Waals surface area contributed by atoms with Gasteiger partial charge >= 0.3 is 0 Å². The van der Waals surface area contributed by atoms with Crippen molar-refractivity contribution in [2.24, 2.45) is 5.92 Å². The number of nitrogens with zero attached hydrogens (tertiary/aromatic N) is 1. The lowest BCUT2D eigenvalue weighted by molar-refractivity contribution is 0.530. The highest BCUT2D eigenvalue weighted by atomic mass is 127. The Hall–Kier alpha value is -0.450. The van der Waals surface area contributed by atoms with Crippen LogP contribution in [0.4, 0.5) is 11.4 Å². The average molecular weight is 330 g/mol. The molecule has 0 spiro atoms. The topological polar surface area (TPSA) is 29.3 Å². The summed E-state index contributed by atoms with van der Waals surface area (Å²) in [5, 5.41) is 0. The molecule has 2 rings (SSSR count). The molecule has 2 nitrogen and oxygen atoms in total. The van der Waals surface area contributed by atoms with Crippen LogP contribution >= 0.6 is 22.6 Å². The number of halogens is 1. The van der Waals surface area contributed by atoms with Crippen molar-refractivity contribution in [1.29, 1.82) is 0 Å². The van der Waals surface area contributed by atoms with Crippen LogP contribution in [-0.2, 0) is 0 Å². The number of nitrogen functional groups attached to an aromatic ring is 1. The fourth-order valence-electron chi connectivity index (χ4n) is 2.47. The zero-order valence-electron chi connectivity index (χ0n) is 9.75. The van der Waals surface area contributed by atoms with E-state index in [1.807, 2.05) is 6.07 Å². The molecule has 1 aromatic carbocycles. The fourth-order valence-corrected chi connectivity index (χ4v) is 3.36. The van der Waals surface area contributed by atoms with Crippen LogP contribution in [0.15, 0.2) is 18.2 Å². The van der Waals surface area contributed by atoms with Gasteiger partial charge in [0.2, 0.25) is 0 Å². The minimum atomic E-state index is 0.859. The van der Waals surface area contributed by atoms with E-state index in [0.29, 0.717) is 0 Å². The Balaban J connectivity index is 2.08. The largest absolute Gasteiger partial charge is 0.399 e. The first-order chi connectivity index (χ1) is 7.70. The molecule has 0 radical (unpaired) electrons. The molecule has 0 aliphatic carbocycles. The molecule has 88 valence electrons. The summed E-state index contributed by atoms with van der Waals surface area (Å²) in [6.07, 6.45) is 4.01. The van der Waals surface area contributed by atoms with E-state index in [2.05, 4.69) is 46.5 Å². The second kappa shape index (κ2) is 5.25. The maximum Gasteiger partial charge on any atom is 0.0503 e. The molecule has 0 aromatic heterocycles. The standard InChI is InChI=1S/C13H19IN2/c1-2-3-10-6-7-16(9-10)13-5-4-11(15)8-12(13)14/h4-5,8,10H,2-3,6-7,9,15H2,1H3. The molecular formula is C13H19IN2. The summed E-state index contributed by atoms with van der Waals surface area (Å²) in [5.74, 6) is 0.887. The molecule has 0 bridgehead atoms. The van der Waals surface area contributed by atoms with Crippen molar-refractivity contribution in [3.63, 3.8) is 0 Å². The Morgan fingerprint density at radius 2 is 2.31 bits per heavy atom. The maximum atomic E-state index is 5.78. The summed E-state index contributed by atoms with van der Waals surface area (Å²) in [7, 11) is 0. The SMILES string of the molecule is CCCC1CCN(c2ccc(N)cc2I)C1. The second-order valence-corrected chi connectivity index (χ2v) is 5.76. The Morgan fingerprint density at radius 1 is 1.50 bits per heavy atom.